The summed E-state index contributed by atoms with van der Waals surface area (Å²) in [4.78, 5) is 21.3. The van der Waals surface area contributed by atoms with Crippen LogP contribution in [0, 0.1) is 6.92 Å². The Labute approximate surface area is 199 Å². The highest BCUT2D eigenvalue weighted by Gasteiger charge is 2.38. The van der Waals surface area contributed by atoms with Crippen molar-refractivity contribution in [2.45, 2.75) is 32.2 Å². The number of rotatable bonds is 5. The van der Waals surface area contributed by atoms with Gasteiger partial charge in [-0.3, -0.25) is 9.48 Å². The summed E-state index contributed by atoms with van der Waals surface area (Å²) in [5.41, 5.74) is 4.39. The lowest BCUT2D eigenvalue weighted by atomic mass is 10.1. The van der Waals surface area contributed by atoms with E-state index in [1.165, 1.54) is 11.6 Å². The Morgan fingerprint density at radius 3 is 2.51 bits per heavy atom. The molecule has 3 N–H and O–H groups in total. The normalized spacial score (nSPS) is 14.9. The first-order valence-corrected chi connectivity index (χ1v) is 10.6. The highest BCUT2D eigenvalue weighted by atomic mass is 19.4. The van der Waals surface area contributed by atoms with Gasteiger partial charge in [0.05, 0.1) is 18.8 Å². The summed E-state index contributed by atoms with van der Waals surface area (Å²) in [5, 5.41) is 24.5. The summed E-state index contributed by atoms with van der Waals surface area (Å²) < 4.78 is 39.5. The number of aryl methyl sites for hydroxylation is 1. The first-order chi connectivity index (χ1) is 16.5. The lowest BCUT2D eigenvalue weighted by Crippen LogP contribution is -2.31. The molecule has 2 heterocycles. The van der Waals surface area contributed by atoms with Gasteiger partial charge < -0.3 is 20.3 Å². The van der Waals surface area contributed by atoms with Crippen LogP contribution in [0.3, 0.4) is 0 Å². The molecule has 2 aromatic carbocycles. The third-order valence-corrected chi connectivity index (χ3v) is 5.21. The van der Waals surface area contributed by atoms with Crippen LogP contribution in [0.15, 0.2) is 54.7 Å². The summed E-state index contributed by atoms with van der Waals surface area (Å²) in [6.07, 6.45) is -2.47. The van der Waals surface area contributed by atoms with E-state index in [9.17, 15) is 23.1 Å². The number of carboxylic acid groups (broad SMARTS) is 1. The zero-order chi connectivity index (χ0) is 25.6. The van der Waals surface area contributed by atoms with E-state index in [1.54, 1.807) is 19.1 Å². The number of aromatic nitrogens is 2. The second-order valence-corrected chi connectivity index (χ2v) is 7.85. The van der Waals surface area contributed by atoms with Crippen LogP contribution in [-0.4, -0.2) is 51.2 Å². The van der Waals surface area contributed by atoms with Gasteiger partial charge in [-0.25, -0.2) is 4.79 Å². The maximum absolute atomic E-state index is 12.4. The van der Waals surface area contributed by atoms with Crippen molar-refractivity contribution in [3.63, 3.8) is 0 Å². The molecule has 0 bridgehead atoms. The lowest BCUT2D eigenvalue weighted by Gasteiger charge is -2.22. The number of phenols is 1. The molecular weight excluding hydrogens is 467 g/mol. The SMILES string of the molecule is Cc1ccc(C(=O)NCC2OCCc3cn(Cc4ccccc4)nc32)cc1O.O=C(O)C(F)(F)F. The number of aromatic hydroxyl groups is 1. The highest BCUT2D eigenvalue weighted by Crippen LogP contribution is 2.26. The van der Waals surface area contributed by atoms with Crippen molar-refractivity contribution >= 4 is 11.9 Å². The van der Waals surface area contributed by atoms with E-state index in [0.717, 1.165) is 23.2 Å². The van der Waals surface area contributed by atoms with E-state index in [1.807, 2.05) is 22.9 Å². The molecule has 3 aromatic rings. The average molecular weight is 491 g/mol. The maximum atomic E-state index is 12.4. The Balaban J connectivity index is 0.000000429. The quantitative estimate of drug-likeness (QED) is 0.503. The van der Waals surface area contributed by atoms with Crippen molar-refractivity contribution < 1.29 is 37.7 Å². The maximum Gasteiger partial charge on any atom is 0.490 e. The predicted molar refractivity (Wildman–Crippen MR) is 119 cm³/mol. The number of hydrogen-bond donors (Lipinski definition) is 3. The number of aliphatic carboxylic acids is 1. The zero-order valence-electron chi connectivity index (χ0n) is 18.7. The Morgan fingerprint density at radius 1 is 1.20 bits per heavy atom. The molecule has 1 atom stereocenters. The van der Waals surface area contributed by atoms with Gasteiger partial charge in [0.1, 0.15) is 11.9 Å². The first-order valence-electron chi connectivity index (χ1n) is 10.6. The van der Waals surface area contributed by atoms with Gasteiger partial charge in [-0.05, 0) is 42.2 Å². The second-order valence-electron chi connectivity index (χ2n) is 7.85. The number of nitrogens with one attached hydrogen (secondary N) is 1. The van der Waals surface area contributed by atoms with Crippen molar-refractivity contribution in [2.24, 2.45) is 0 Å². The number of hydrogen-bond acceptors (Lipinski definition) is 5. The van der Waals surface area contributed by atoms with Crippen molar-refractivity contribution in [3.05, 3.63) is 82.7 Å². The van der Waals surface area contributed by atoms with Gasteiger partial charge in [-0.1, -0.05) is 36.4 Å². The number of fused-ring (bicyclic) bond motifs is 1. The molecule has 1 aliphatic heterocycles. The molecular formula is C24H24F3N3O5. The summed E-state index contributed by atoms with van der Waals surface area (Å²) in [7, 11) is 0. The van der Waals surface area contributed by atoms with Gasteiger partial charge in [0.2, 0.25) is 0 Å². The van der Waals surface area contributed by atoms with Crippen LogP contribution in [0.1, 0.15) is 38.8 Å². The molecule has 0 fully saturated rings. The monoisotopic (exact) mass is 491 g/mol. The van der Waals surface area contributed by atoms with Gasteiger partial charge >= 0.3 is 12.1 Å². The summed E-state index contributed by atoms with van der Waals surface area (Å²) in [5.74, 6) is -2.88. The van der Waals surface area contributed by atoms with E-state index >= 15 is 0 Å². The molecule has 0 spiro atoms. The molecule has 1 amide bonds. The number of halogens is 3. The minimum Gasteiger partial charge on any atom is -0.508 e. The number of ether oxygens (including phenoxy) is 1. The number of phenolic OH excluding ortho intramolecular Hbond substituents is 1. The molecule has 1 unspecified atom stereocenters. The van der Waals surface area contributed by atoms with Crippen LogP contribution in [0.2, 0.25) is 0 Å². The Morgan fingerprint density at radius 2 is 1.89 bits per heavy atom. The molecule has 35 heavy (non-hydrogen) atoms. The minimum atomic E-state index is -5.08. The highest BCUT2D eigenvalue weighted by molar-refractivity contribution is 5.94. The molecule has 0 saturated carbocycles. The van der Waals surface area contributed by atoms with E-state index in [4.69, 9.17) is 19.7 Å². The summed E-state index contributed by atoms with van der Waals surface area (Å²) in [6, 6.07) is 15.1. The Bertz CT molecular complexity index is 1180. The fourth-order valence-corrected chi connectivity index (χ4v) is 3.38. The fraction of sp³-hybridized carbons (Fsp3) is 0.292. The summed E-state index contributed by atoms with van der Waals surface area (Å²) in [6.45, 7) is 3.44. The number of alkyl halides is 3. The lowest BCUT2D eigenvalue weighted by molar-refractivity contribution is -0.192. The summed E-state index contributed by atoms with van der Waals surface area (Å²) >= 11 is 0. The smallest absolute Gasteiger partial charge is 0.490 e. The molecule has 11 heteroatoms. The van der Waals surface area contributed by atoms with Crippen LogP contribution in [-0.2, 0) is 22.5 Å². The topological polar surface area (TPSA) is 114 Å². The van der Waals surface area contributed by atoms with Gasteiger partial charge in [0, 0.05) is 18.3 Å². The van der Waals surface area contributed by atoms with Crippen LogP contribution in [0.4, 0.5) is 13.2 Å². The van der Waals surface area contributed by atoms with E-state index in [-0.39, 0.29) is 17.8 Å². The third kappa shape index (κ3) is 7.06. The third-order valence-electron chi connectivity index (χ3n) is 5.21. The first kappa shape index (κ1) is 25.8. The van der Waals surface area contributed by atoms with Crippen molar-refractivity contribution in [3.8, 4) is 5.75 Å². The van der Waals surface area contributed by atoms with E-state index in [0.29, 0.717) is 25.3 Å². The standard InChI is InChI=1S/C22H23N3O3.C2HF3O2/c1-15-7-8-17(11-19(15)26)22(27)23-12-20-21-18(9-10-28-20)14-25(24-21)13-16-5-3-2-4-6-16;3-2(4,5)1(6)7/h2-8,11,14,20,26H,9-10,12-13H2,1H3,(H,23,27);(H,6,7). The van der Waals surface area contributed by atoms with Gasteiger partial charge in [-0.15, -0.1) is 0 Å². The van der Waals surface area contributed by atoms with Gasteiger partial charge in [0.25, 0.3) is 5.91 Å². The largest absolute Gasteiger partial charge is 0.508 e. The molecule has 8 nitrogen and oxygen atoms in total. The number of benzene rings is 2. The van der Waals surface area contributed by atoms with Crippen LogP contribution < -0.4 is 5.32 Å². The molecule has 1 aliphatic rings. The Hall–Kier alpha value is -3.86. The molecule has 1 aromatic heterocycles. The number of carbonyl (C=O) groups is 2. The minimum absolute atomic E-state index is 0.114. The van der Waals surface area contributed by atoms with Crippen LogP contribution >= 0.6 is 0 Å². The molecule has 186 valence electrons. The molecule has 0 radical (unpaired) electrons. The molecule has 4 rings (SSSR count). The van der Waals surface area contributed by atoms with Crippen LogP contribution in [0.5, 0.6) is 5.75 Å². The average Bonchev–Trinajstić information content (AvgIpc) is 3.22. The number of carbonyl (C=O) groups excluding carboxylic acids is 1. The van der Waals surface area contributed by atoms with Crippen molar-refractivity contribution in [1.82, 2.24) is 15.1 Å². The van der Waals surface area contributed by atoms with E-state index in [2.05, 4.69) is 23.6 Å². The van der Waals surface area contributed by atoms with Gasteiger partial charge in [-0.2, -0.15) is 18.3 Å². The number of nitrogens with zero attached hydrogens (tertiary/aromatic N) is 2. The second kappa shape index (κ2) is 11.0. The number of amides is 1. The van der Waals surface area contributed by atoms with Crippen molar-refractivity contribution in [2.75, 3.05) is 13.2 Å². The predicted octanol–water partition coefficient (Wildman–Crippen LogP) is 3.62. The van der Waals surface area contributed by atoms with Crippen molar-refractivity contribution in [1.29, 1.82) is 0 Å². The van der Waals surface area contributed by atoms with E-state index < -0.39 is 12.1 Å². The fourth-order valence-electron chi connectivity index (χ4n) is 3.38. The zero-order valence-corrected chi connectivity index (χ0v) is 18.7. The molecule has 0 saturated heterocycles. The molecule has 0 aliphatic carbocycles. The van der Waals surface area contributed by atoms with Crippen LogP contribution in [0.25, 0.3) is 0 Å². The number of carboxylic acids is 1. The van der Waals surface area contributed by atoms with Gasteiger partial charge in [0.15, 0.2) is 0 Å². The Kier molecular flexibility index (Phi) is 8.13.